The fraction of sp³-hybridized carbons (Fsp3) is 0.526. The zero-order chi connectivity index (χ0) is 16.5. The van der Waals surface area contributed by atoms with Gasteiger partial charge in [-0.2, -0.15) is 0 Å². The Morgan fingerprint density at radius 2 is 1.83 bits per heavy atom. The standard InChI is InChI=1S/C19H24N4O/c1-20-18-16-11-21-17(23-19(24)13-7-8-13)9-14(16)15(10-22-18)12-5-3-2-4-6-12/h9-13H,2-8H2,1H3,(H,20,22)(H,21,23,24). The largest absolute Gasteiger partial charge is 0.373 e. The maximum Gasteiger partial charge on any atom is 0.228 e. The van der Waals surface area contributed by atoms with Crippen molar-refractivity contribution in [3.63, 3.8) is 0 Å². The molecule has 0 unspecified atom stereocenters. The second-order valence-electron chi connectivity index (χ2n) is 7.03. The lowest BCUT2D eigenvalue weighted by atomic mass is 9.83. The molecule has 0 spiro atoms. The third-order valence-corrected chi connectivity index (χ3v) is 5.28. The lowest BCUT2D eigenvalue weighted by molar-refractivity contribution is -0.117. The van der Waals surface area contributed by atoms with Crippen molar-refractivity contribution in [3.8, 4) is 0 Å². The van der Waals surface area contributed by atoms with Gasteiger partial charge in [-0.15, -0.1) is 0 Å². The van der Waals surface area contributed by atoms with Gasteiger partial charge in [0.2, 0.25) is 5.91 Å². The maximum atomic E-state index is 12.0. The Morgan fingerprint density at radius 1 is 1.04 bits per heavy atom. The molecule has 2 aromatic rings. The molecule has 2 aliphatic rings. The Balaban J connectivity index is 1.74. The summed E-state index contributed by atoms with van der Waals surface area (Å²) >= 11 is 0. The zero-order valence-corrected chi connectivity index (χ0v) is 14.1. The van der Waals surface area contributed by atoms with Gasteiger partial charge in [0.15, 0.2) is 0 Å². The van der Waals surface area contributed by atoms with Crippen LogP contribution in [0.3, 0.4) is 0 Å². The Kier molecular flexibility index (Phi) is 4.08. The number of carbonyl (C=O) groups excluding carboxylic acids is 1. The second-order valence-corrected chi connectivity index (χ2v) is 7.03. The van der Waals surface area contributed by atoms with E-state index in [1.54, 1.807) is 0 Å². The first-order chi connectivity index (χ1) is 11.8. The van der Waals surface area contributed by atoms with Crippen molar-refractivity contribution in [3.05, 3.63) is 24.0 Å². The van der Waals surface area contributed by atoms with Crippen molar-refractivity contribution in [1.29, 1.82) is 0 Å². The molecule has 0 saturated heterocycles. The average Bonchev–Trinajstić information content (AvgIpc) is 3.46. The van der Waals surface area contributed by atoms with Crippen LogP contribution in [0.5, 0.6) is 0 Å². The van der Waals surface area contributed by atoms with Gasteiger partial charge in [-0.25, -0.2) is 9.97 Å². The molecule has 1 amide bonds. The van der Waals surface area contributed by atoms with Crippen LogP contribution in [0.25, 0.3) is 10.8 Å². The smallest absolute Gasteiger partial charge is 0.228 e. The lowest BCUT2D eigenvalue weighted by Crippen LogP contribution is -2.14. The highest BCUT2D eigenvalue weighted by atomic mass is 16.2. The van der Waals surface area contributed by atoms with Gasteiger partial charge in [-0.1, -0.05) is 19.3 Å². The number of nitrogens with zero attached hydrogens (tertiary/aromatic N) is 2. The minimum absolute atomic E-state index is 0.101. The molecule has 2 N–H and O–H groups in total. The molecule has 0 bridgehead atoms. The van der Waals surface area contributed by atoms with Crippen LogP contribution >= 0.6 is 0 Å². The molecule has 2 fully saturated rings. The quantitative estimate of drug-likeness (QED) is 0.890. The topological polar surface area (TPSA) is 66.9 Å². The van der Waals surface area contributed by atoms with Crippen molar-refractivity contribution >= 4 is 28.3 Å². The van der Waals surface area contributed by atoms with E-state index in [1.807, 2.05) is 25.5 Å². The van der Waals surface area contributed by atoms with Crippen LogP contribution in [-0.2, 0) is 4.79 Å². The first kappa shape index (κ1) is 15.4. The molecule has 0 atom stereocenters. The summed E-state index contributed by atoms with van der Waals surface area (Å²) in [6, 6.07) is 2.03. The summed E-state index contributed by atoms with van der Waals surface area (Å²) in [6.45, 7) is 0. The number of rotatable bonds is 4. The third-order valence-electron chi connectivity index (χ3n) is 5.28. The summed E-state index contributed by atoms with van der Waals surface area (Å²) in [5, 5.41) is 8.32. The summed E-state index contributed by atoms with van der Waals surface area (Å²) in [4.78, 5) is 21.1. The van der Waals surface area contributed by atoms with Crippen molar-refractivity contribution in [2.75, 3.05) is 17.7 Å². The number of aromatic nitrogens is 2. The molecule has 2 aromatic heterocycles. The highest BCUT2D eigenvalue weighted by Crippen LogP contribution is 2.38. The van der Waals surface area contributed by atoms with E-state index < -0.39 is 0 Å². The van der Waals surface area contributed by atoms with Crippen LogP contribution in [0, 0.1) is 5.92 Å². The molecule has 0 aromatic carbocycles. The predicted octanol–water partition coefficient (Wildman–Crippen LogP) is 4.07. The normalized spacial score (nSPS) is 18.5. The number of anilines is 2. The molecule has 4 rings (SSSR count). The second kappa shape index (κ2) is 6.38. The van der Waals surface area contributed by atoms with Gasteiger partial charge < -0.3 is 10.6 Å². The van der Waals surface area contributed by atoms with Gasteiger partial charge in [-0.05, 0) is 48.6 Å². The first-order valence-corrected chi connectivity index (χ1v) is 9.03. The monoisotopic (exact) mass is 324 g/mol. The number of nitrogens with one attached hydrogen (secondary N) is 2. The Morgan fingerprint density at radius 3 is 2.54 bits per heavy atom. The number of pyridine rings is 2. The fourth-order valence-corrected chi connectivity index (χ4v) is 3.74. The lowest BCUT2D eigenvalue weighted by Gasteiger charge is -2.23. The van der Waals surface area contributed by atoms with Crippen molar-refractivity contribution < 1.29 is 4.79 Å². The fourth-order valence-electron chi connectivity index (χ4n) is 3.74. The molecule has 2 aliphatic carbocycles. The molecular formula is C19H24N4O. The van der Waals surface area contributed by atoms with Gasteiger partial charge in [0, 0.05) is 30.7 Å². The number of hydrogen-bond donors (Lipinski definition) is 2. The van der Waals surface area contributed by atoms with E-state index in [-0.39, 0.29) is 11.8 Å². The van der Waals surface area contributed by atoms with E-state index in [9.17, 15) is 4.79 Å². The molecule has 0 radical (unpaired) electrons. The summed E-state index contributed by atoms with van der Waals surface area (Å²) in [5.41, 5.74) is 1.30. The molecule has 5 nitrogen and oxygen atoms in total. The predicted molar refractivity (Wildman–Crippen MR) is 96.3 cm³/mol. The van der Waals surface area contributed by atoms with Crippen LogP contribution in [0.4, 0.5) is 11.6 Å². The van der Waals surface area contributed by atoms with Gasteiger partial charge in [-0.3, -0.25) is 4.79 Å². The average molecular weight is 324 g/mol. The first-order valence-electron chi connectivity index (χ1n) is 9.03. The van der Waals surface area contributed by atoms with Crippen molar-refractivity contribution in [2.45, 2.75) is 50.9 Å². The van der Waals surface area contributed by atoms with Crippen LogP contribution < -0.4 is 10.6 Å². The van der Waals surface area contributed by atoms with Gasteiger partial charge >= 0.3 is 0 Å². The van der Waals surface area contributed by atoms with Gasteiger partial charge in [0.1, 0.15) is 11.6 Å². The number of amides is 1. The minimum atomic E-state index is 0.101. The van der Waals surface area contributed by atoms with Crippen LogP contribution in [0.15, 0.2) is 18.5 Å². The van der Waals surface area contributed by atoms with Crippen LogP contribution in [-0.4, -0.2) is 22.9 Å². The third kappa shape index (κ3) is 2.95. The van der Waals surface area contributed by atoms with Crippen molar-refractivity contribution in [2.24, 2.45) is 5.92 Å². The Labute approximate surface area is 142 Å². The Bertz CT molecular complexity index is 763. The zero-order valence-electron chi connectivity index (χ0n) is 14.1. The highest BCUT2D eigenvalue weighted by molar-refractivity contribution is 5.98. The highest BCUT2D eigenvalue weighted by Gasteiger charge is 2.30. The van der Waals surface area contributed by atoms with Crippen LogP contribution in [0.1, 0.15) is 56.4 Å². The molecule has 2 heterocycles. The van der Waals surface area contributed by atoms with Crippen molar-refractivity contribution in [1.82, 2.24) is 9.97 Å². The molecule has 0 aliphatic heterocycles. The summed E-state index contributed by atoms with van der Waals surface area (Å²) < 4.78 is 0. The SMILES string of the molecule is CNc1ncc(C2CCCCC2)c2cc(NC(=O)C3CC3)ncc12. The summed E-state index contributed by atoms with van der Waals surface area (Å²) in [6.07, 6.45) is 12.2. The number of fused-ring (bicyclic) bond motifs is 1. The van der Waals surface area contributed by atoms with E-state index >= 15 is 0 Å². The van der Waals surface area contributed by atoms with E-state index in [0.717, 1.165) is 24.0 Å². The van der Waals surface area contributed by atoms with E-state index in [1.165, 1.54) is 43.1 Å². The Hall–Kier alpha value is -2.17. The van der Waals surface area contributed by atoms with E-state index in [2.05, 4.69) is 20.6 Å². The number of carbonyl (C=O) groups is 1. The number of hydrogen-bond acceptors (Lipinski definition) is 4. The molecular weight excluding hydrogens is 300 g/mol. The molecule has 2 saturated carbocycles. The molecule has 5 heteroatoms. The summed E-state index contributed by atoms with van der Waals surface area (Å²) in [5.74, 6) is 2.35. The van der Waals surface area contributed by atoms with E-state index in [0.29, 0.717) is 11.7 Å². The molecule has 126 valence electrons. The molecule has 24 heavy (non-hydrogen) atoms. The van der Waals surface area contributed by atoms with Gasteiger partial charge in [0.25, 0.3) is 0 Å². The minimum Gasteiger partial charge on any atom is -0.373 e. The van der Waals surface area contributed by atoms with Crippen LogP contribution in [0.2, 0.25) is 0 Å². The van der Waals surface area contributed by atoms with E-state index in [4.69, 9.17) is 0 Å². The van der Waals surface area contributed by atoms with Gasteiger partial charge in [0.05, 0.1) is 0 Å². The maximum absolute atomic E-state index is 12.0. The summed E-state index contributed by atoms with van der Waals surface area (Å²) in [7, 11) is 1.88.